The van der Waals surface area contributed by atoms with Gasteiger partial charge in [0.2, 0.25) is 5.91 Å². The summed E-state index contributed by atoms with van der Waals surface area (Å²) in [7, 11) is 0. The number of nitrogens with one attached hydrogen (secondary N) is 2. The van der Waals surface area contributed by atoms with Gasteiger partial charge in [-0.05, 0) is 39.3 Å². The van der Waals surface area contributed by atoms with Gasteiger partial charge in [0.25, 0.3) is 5.91 Å². The van der Waals surface area contributed by atoms with E-state index in [-0.39, 0.29) is 11.8 Å². The molecule has 128 valence electrons. The fourth-order valence-electron chi connectivity index (χ4n) is 1.97. The number of rotatable bonds is 9. The average molecular weight is 321 g/mol. The van der Waals surface area contributed by atoms with Gasteiger partial charge >= 0.3 is 0 Å². The molecule has 1 aromatic rings. The fourth-order valence-corrected chi connectivity index (χ4v) is 1.97. The second-order valence-electron chi connectivity index (χ2n) is 5.92. The van der Waals surface area contributed by atoms with Gasteiger partial charge in [-0.15, -0.1) is 0 Å². The predicted molar refractivity (Wildman–Crippen MR) is 90.5 cm³/mol. The number of hydrogen-bond acceptors (Lipinski definition) is 4. The number of carbonyl (C=O) groups excluding carboxylic acids is 2. The summed E-state index contributed by atoms with van der Waals surface area (Å²) >= 11 is 0. The van der Waals surface area contributed by atoms with Crippen LogP contribution in [-0.2, 0) is 4.79 Å². The highest BCUT2D eigenvalue weighted by Gasteiger charge is 2.17. The van der Waals surface area contributed by atoms with Gasteiger partial charge in [0.05, 0.1) is 12.2 Å². The molecule has 0 atom stereocenters. The molecule has 0 heterocycles. The molecule has 0 aliphatic rings. The third kappa shape index (κ3) is 6.69. The van der Waals surface area contributed by atoms with Gasteiger partial charge in [0.15, 0.2) is 0 Å². The Morgan fingerprint density at radius 2 is 1.96 bits per heavy atom. The van der Waals surface area contributed by atoms with E-state index in [0.29, 0.717) is 43.9 Å². The van der Waals surface area contributed by atoms with Crippen LogP contribution in [0.3, 0.4) is 0 Å². The van der Waals surface area contributed by atoms with Crippen LogP contribution in [0.25, 0.3) is 0 Å². The van der Waals surface area contributed by atoms with E-state index in [1.165, 1.54) is 0 Å². The Bertz CT molecular complexity index is 530. The Labute approximate surface area is 137 Å². The Hall–Kier alpha value is -2.08. The van der Waals surface area contributed by atoms with E-state index in [4.69, 9.17) is 10.5 Å². The molecular weight excluding hydrogens is 294 g/mol. The highest BCUT2D eigenvalue weighted by Crippen LogP contribution is 2.17. The summed E-state index contributed by atoms with van der Waals surface area (Å²) in [6.45, 7) is 6.92. The lowest BCUT2D eigenvalue weighted by molar-refractivity contribution is -0.122. The van der Waals surface area contributed by atoms with Crippen molar-refractivity contribution in [2.24, 2.45) is 5.73 Å². The molecule has 2 amide bonds. The zero-order valence-electron chi connectivity index (χ0n) is 14.1. The van der Waals surface area contributed by atoms with Crippen molar-refractivity contribution < 1.29 is 14.3 Å². The lowest BCUT2D eigenvalue weighted by Gasteiger charge is -2.24. The number of nitrogens with two attached hydrogens (primary N) is 1. The molecule has 0 bridgehead atoms. The minimum Gasteiger partial charge on any atom is -0.493 e. The quantitative estimate of drug-likeness (QED) is 0.600. The van der Waals surface area contributed by atoms with Gasteiger partial charge < -0.3 is 21.1 Å². The zero-order chi connectivity index (χ0) is 17.3. The first kappa shape index (κ1) is 19.0. The summed E-state index contributed by atoms with van der Waals surface area (Å²) in [5.41, 5.74) is 5.67. The molecule has 0 aromatic heterocycles. The van der Waals surface area contributed by atoms with E-state index < -0.39 is 5.54 Å². The second-order valence-corrected chi connectivity index (χ2v) is 5.92. The van der Waals surface area contributed by atoms with Crippen LogP contribution < -0.4 is 21.1 Å². The summed E-state index contributed by atoms with van der Waals surface area (Å²) in [6, 6.07) is 7.10. The van der Waals surface area contributed by atoms with Crippen LogP contribution in [-0.4, -0.2) is 37.0 Å². The minimum absolute atomic E-state index is 0.0654. The van der Waals surface area contributed by atoms with E-state index in [0.717, 1.165) is 0 Å². The number of amides is 2. The molecule has 6 nitrogen and oxygen atoms in total. The number of para-hydroxylation sites is 1. The average Bonchev–Trinajstić information content (AvgIpc) is 2.52. The van der Waals surface area contributed by atoms with Crippen LogP contribution in [0.15, 0.2) is 24.3 Å². The summed E-state index contributed by atoms with van der Waals surface area (Å²) in [4.78, 5) is 23.9. The summed E-state index contributed by atoms with van der Waals surface area (Å²) < 4.78 is 5.43. The number of hydrogen-bond donors (Lipinski definition) is 3. The second kappa shape index (κ2) is 9.15. The standard InChI is InChI=1S/C17H27N3O3/c1-4-23-14-9-6-5-8-13(14)16(22)19-11-7-10-15(21)20-17(2,3)12-18/h5-6,8-9H,4,7,10-12,18H2,1-3H3,(H,19,22)(H,20,21). The molecular formula is C17H27N3O3. The van der Waals surface area contributed by atoms with Crippen LogP contribution in [0.5, 0.6) is 5.75 Å². The van der Waals surface area contributed by atoms with Gasteiger partial charge in [0.1, 0.15) is 5.75 Å². The fraction of sp³-hybridized carbons (Fsp3) is 0.529. The maximum Gasteiger partial charge on any atom is 0.255 e. The predicted octanol–water partition coefficient (Wildman–Crippen LogP) is 1.45. The van der Waals surface area contributed by atoms with E-state index in [1.807, 2.05) is 26.8 Å². The number of ether oxygens (including phenoxy) is 1. The highest BCUT2D eigenvalue weighted by molar-refractivity contribution is 5.96. The van der Waals surface area contributed by atoms with Crippen molar-refractivity contribution in [1.82, 2.24) is 10.6 Å². The normalized spacial score (nSPS) is 11.0. The molecule has 1 rings (SSSR count). The van der Waals surface area contributed by atoms with Gasteiger partial charge in [-0.2, -0.15) is 0 Å². The molecule has 0 spiro atoms. The monoisotopic (exact) mass is 321 g/mol. The number of benzene rings is 1. The molecule has 1 aromatic carbocycles. The van der Waals surface area contributed by atoms with E-state index in [1.54, 1.807) is 18.2 Å². The first-order valence-corrected chi connectivity index (χ1v) is 7.90. The third-order valence-electron chi connectivity index (χ3n) is 3.29. The Morgan fingerprint density at radius 3 is 2.61 bits per heavy atom. The first-order valence-electron chi connectivity index (χ1n) is 7.90. The first-order chi connectivity index (χ1) is 10.9. The zero-order valence-corrected chi connectivity index (χ0v) is 14.1. The summed E-state index contributed by atoms with van der Waals surface area (Å²) in [6.07, 6.45) is 0.909. The SMILES string of the molecule is CCOc1ccccc1C(=O)NCCCC(=O)NC(C)(C)CN. The van der Waals surface area contributed by atoms with Crippen molar-refractivity contribution in [3.8, 4) is 5.75 Å². The number of carbonyl (C=O) groups is 2. The van der Waals surface area contributed by atoms with Crippen molar-refractivity contribution in [2.75, 3.05) is 19.7 Å². The molecule has 23 heavy (non-hydrogen) atoms. The topological polar surface area (TPSA) is 93.4 Å². The molecule has 4 N–H and O–H groups in total. The van der Waals surface area contributed by atoms with Crippen molar-refractivity contribution in [1.29, 1.82) is 0 Å². The molecule has 0 saturated carbocycles. The molecule has 0 aliphatic heterocycles. The smallest absolute Gasteiger partial charge is 0.255 e. The van der Waals surface area contributed by atoms with Crippen LogP contribution in [0.2, 0.25) is 0 Å². The molecule has 0 fully saturated rings. The van der Waals surface area contributed by atoms with Gasteiger partial charge in [-0.3, -0.25) is 9.59 Å². The van der Waals surface area contributed by atoms with Crippen LogP contribution >= 0.6 is 0 Å². The van der Waals surface area contributed by atoms with Crippen molar-refractivity contribution in [3.05, 3.63) is 29.8 Å². The Balaban J connectivity index is 2.39. The molecule has 0 unspecified atom stereocenters. The van der Waals surface area contributed by atoms with Crippen molar-refractivity contribution in [2.45, 2.75) is 39.2 Å². The van der Waals surface area contributed by atoms with Crippen LogP contribution in [0.1, 0.15) is 44.0 Å². The highest BCUT2D eigenvalue weighted by atomic mass is 16.5. The maximum atomic E-state index is 12.2. The molecule has 6 heteroatoms. The van der Waals surface area contributed by atoms with E-state index >= 15 is 0 Å². The van der Waals surface area contributed by atoms with Crippen molar-refractivity contribution >= 4 is 11.8 Å². The van der Waals surface area contributed by atoms with Gasteiger partial charge in [0, 0.05) is 25.0 Å². The lowest BCUT2D eigenvalue weighted by Crippen LogP contribution is -2.48. The van der Waals surface area contributed by atoms with Crippen LogP contribution in [0.4, 0.5) is 0 Å². The Morgan fingerprint density at radius 1 is 1.26 bits per heavy atom. The van der Waals surface area contributed by atoms with Gasteiger partial charge in [-0.25, -0.2) is 0 Å². The molecule has 0 saturated heterocycles. The molecule has 0 aliphatic carbocycles. The summed E-state index contributed by atoms with van der Waals surface area (Å²) in [5, 5.41) is 5.66. The lowest BCUT2D eigenvalue weighted by atomic mass is 10.1. The minimum atomic E-state index is -0.406. The Kier molecular flexibility index (Phi) is 7.54. The van der Waals surface area contributed by atoms with E-state index in [2.05, 4.69) is 10.6 Å². The molecule has 0 radical (unpaired) electrons. The van der Waals surface area contributed by atoms with E-state index in [9.17, 15) is 9.59 Å². The summed E-state index contributed by atoms with van der Waals surface area (Å²) in [5.74, 6) is 0.302. The largest absolute Gasteiger partial charge is 0.493 e. The van der Waals surface area contributed by atoms with Gasteiger partial charge in [-0.1, -0.05) is 12.1 Å². The van der Waals surface area contributed by atoms with Crippen molar-refractivity contribution in [3.63, 3.8) is 0 Å². The maximum absolute atomic E-state index is 12.2. The van der Waals surface area contributed by atoms with Crippen LogP contribution in [0, 0.1) is 0 Å². The third-order valence-corrected chi connectivity index (χ3v) is 3.29.